The molecule has 0 aromatic carbocycles. The highest BCUT2D eigenvalue weighted by molar-refractivity contribution is 7.98. The number of hydrogen-bond donors (Lipinski definition) is 1. The fourth-order valence-electron chi connectivity index (χ4n) is 1.48. The summed E-state index contributed by atoms with van der Waals surface area (Å²) in [6, 6.07) is 0.352. The van der Waals surface area contributed by atoms with Crippen molar-refractivity contribution in [3.8, 4) is 0 Å². The van der Waals surface area contributed by atoms with Gasteiger partial charge in [0, 0.05) is 25.3 Å². The number of thioether (sulfide) groups is 1. The van der Waals surface area contributed by atoms with Crippen LogP contribution in [0.1, 0.15) is 13.3 Å². The highest BCUT2D eigenvalue weighted by Crippen LogP contribution is 2.12. The van der Waals surface area contributed by atoms with Crippen molar-refractivity contribution < 1.29 is 4.79 Å². The Balaban J connectivity index is 2.26. The summed E-state index contributed by atoms with van der Waals surface area (Å²) in [7, 11) is 1.91. The molecule has 1 unspecified atom stereocenters. The lowest BCUT2D eigenvalue weighted by Gasteiger charge is -2.30. The topological polar surface area (TPSA) is 32.3 Å². The average molecular weight is 216 g/mol. The minimum Gasteiger partial charge on any atom is -0.342 e. The molecule has 0 radical (unpaired) electrons. The van der Waals surface area contributed by atoms with Crippen LogP contribution >= 0.6 is 11.8 Å². The maximum Gasteiger partial charge on any atom is 0.222 e. The van der Waals surface area contributed by atoms with Gasteiger partial charge in [-0.25, -0.2) is 0 Å². The quantitative estimate of drug-likeness (QED) is 0.738. The molecule has 4 heteroatoms. The molecule has 0 saturated carbocycles. The molecule has 0 spiro atoms. The van der Waals surface area contributed by atoms with Crippen LogP contribution in [0.15, 0.2) is 0 Å². The van der Waals surface area contributed by atoms with E-state index < -0.39 is 0 Å². The van der Waals surface area contributed by atoms with Crippen LogP contribution in [0.5, 0.6) is 0 Å². The minimum atomic E-state index is 0.290. The molecule has 1 amide bonds. The summed E-state index contributed by atoms with van der Waals surface area (Å²) >= 11 is 1.79. The summed E-state index contributed by atoms with van der Waals surface area (Å²) in [6.45, 7) is 4.13. The minimum absolute atomic E-state index is 0.290. The van der Waals surface area contributed by atoms with Crippen molar-refractivity contribution in [1.29, 1.82) is 0 Å². The van der Waals surface area contributed by atoms with Crippen LogP contribution in [0.4, 0.5) is 0 Å². The first-order chi connectivity index (χ1) is 6.65. The third-order valence-electron chi connectivity index (χ3n) is 2.79. The highest BCUT2D eigenvalue weighted by atomic mass is 32.2. The zero-order valence-corrected chi connectivity index (χ0v) is 10.1. The number of nitrogens with one attached hydrogen (secondary N) is 1. The lowest BCUT2D eigenvalue weighted by atomic mass is 9.98. The monoisotopic (exact) mass is 216 g/mol. The third kappa shape index (κ3) is 3.17. The van der Waals surface area contributed by atoms with E-state index in [9.17, 15) is 4.79 Å². The smallest absolute Gasteiger partial charge is 0.222 e. The second-order valence-corrected chi connectivity index (χ2v) is 4.95. The molecular weight excluding hydrogens is 196 g/mol. The number of nitrogens with zero attached hydrogens (tertiary/aromatic N) is 1. The molecule has 0 bridgehead atoms. The Hall–Kier alpha value is -0.220. The number of hydrogen-bond acceptors (Lipinski definition) is 3. The van der Waals surface area contributed by atoms with E-state index in [-0.39, 0.29) is 5.91 Å². The van der Waals surface area contributed by atoms with E-state index >= 15 is 0 Å². The normalized spacial score (nSPS) is 18.8. The van der Waals surface area contributed by atoms with Gasteiger partial charge in [-0.15, -0.1) is 0 Å². The first-order valence-electron chi connectivity index (χ1n) is 5.10. The van der Waals surface area contributed by atoms with Crippen molar-refractivity contribution in [1.82, 2.24) is 10.2 Å². The molecule has 3 nitrogen and oxygen atoms in total. The number of amides is 1. The second kappa shape index (κ2) is 5.61. The molecule has 1 N–H and O–H groups in total. The Kier molecular flexibility index (Phi) is 4.75. The van der Waals surface area contributed by atoms with Gasteiger partial charge in [0.25, 0.3) is 0 Å². The largest absolute Gasteiger partial charge is 0.342 e. The van der Waals surface area contributed by atoms with Gasteiger partial charge in [-0.2, -0.15) is 11.8 Å². The van der Waals surface area contributed by atoms with Crippen molar-refractivity contribution in [3.05, 3.63) is 0 Å². The van der Waals surface area contributed by atoms with Crippen molar-refractivity contribution in [3.63, 3.8) is 0 Å². The molecule has 1 fully saturated rings. The lowest BCUT2D eigenvalue weighted by Crippen LogP contribution is -2.46. The Morgan fingerprint density at radius 1 is 1.64 bits per heavy atom. The SMILES string of the molecule is CSCC(C)N(C)C(=O)CC1CNC1. The van der Waals surface area contributed by atoms with Crippen LogP contribution in [-0.2, 0) is 4.79 Å². The van der Waals surface area contributed by atoms with Gasteiger partial charge in [0.05, 0.1) is 0 Å². The number of carbonyl (C=O) groups is 1. The summed E-state index contributed by atoms with van der Waals surface area (Å²) in [5.74, 6) is 1.88. The van der Waals surface area contributed by atoms with Crippen molar-refractivity contribution >= 4 is 17.7 Å². The van der Waals surface area contributed by atoms with Crippen LogP contribution in [0.25, 0.3) is 0 Å². The van der Waals surface area contributed by atoms with Gasteiger partial charge < -0.3 is 10.2 Å². The van der Waals surface area contributed by atoms with Gasteiger partial charge in [-0.05, 0) is 32.2 Å². The number of rotatable bonds is 5. The van der Waals surface area contributed by atoms with E-state index in [1.807, 2.05) is 11.9 Å². The summed E-state index contributed by atoms with van der Waals surface area (Å²) in [5.41, 5.74) is 0. The van der Waals surface area contributed by atoms with E-state index in [1.54, 1.807) is 11.8 Å². The van der Waals surface area contributed by atoms with Gasteiger partial charge in [-0.3, -0.25) is 4.79 Å². The van der Waals surface area contributed by atoms with E-state index in [0.717, 1.165) is 18.8 Å². The molecule has 82 valence electrons. The standard InChI is InChI=1S/C10H20N2OS/c1-8(7-14-3)12(2)10(13)4-9-5-11-6-9/h8-9,11H,4-7H2,1-3H3. The Morgan fingerprint density at radius 3 is 2.71 bits per heavy atom. The molecular formula is C10H20N2OS. The fraction of sp³-hybridized carbons (Fsp3) is 0.900. The van der Waals surface area contributed by atoms with Crippen LogP contribution < -0.4 is 5.32 Å². The predicted octanol–water partition coefficient (Wildman–Crippen LogP) is 0.806. The average Bonchev–Trinajstić information content (AvgIpc) is 2.10. The zero-order chi connectivity index (χ0) is 10.6. The van der Waals surface area contributed by atoms with E-state index in [4.69, 9.17) is 0 Å². The molecule has 0 aromatic rings. The van der Waals surface area contributed by atoms with Gasteiger partial charge in [0.15, 0.2) is 0 Å². The molecule has 1 saturated heterocycles. The maximum absolute atomic E-state index is 11.8. The number of carbonyl (C=O) groups excluding carboxylic acids is 1. The summed E-state index contributed by atoms with van der Waals surface area (Å²) < 4.78 is 0. The van der Waals surface area contributed by atoms with E-state index in [0.29, 0.717) is 18.4 Å². The molecule has 14 heavy (non-hydrogen) atoms. The first kappa shape index (κ1) is 11.9. The Labute approximate surface area is 90.6 Å². The van der Waals surface area contributed by atoms with Crippen LogP contribution in [0, 0.1) is 5.92 Å². The van der Waals surface area contributed by atoms with Crippen LogP contribution in [0.3, 0.4) is 0 Å². The van der Waals surface area contributed by atoms with Crippen LogP contribution in [0.2, 0.25) is 0 Å². The molecule has 0 aliphatic carbocycles. The van der Waals surface area contributed by atoms with E-state index in [2.05, 4.69) is 18.5 Å². The van der Waals surface area contributed by atoms with E-state index in [1.165, 1.54) is 0 Å². The second-order valence-electron chi connectivity index (χ2n) is 4.04. The molecule has 1 rings (SSSR count). The summed E-state index contributed by atoms with van der Waals surface area (Å²) in [5, 5.41) is 3.19. The molecule has 1 aliphatic heterocycles. The van der Waals surface area contributed by atoms with Crippen LogP contribution in [-0.4, -0.2) is 49.0 Å². The molecule has 1 aliphatic rings. The van der Waals surface area contributed by atoms with Crippen molar-refractivity contribution in [2.45, 2.75) is 19.4 Å². The summed E-state index contributed by atoms with van der Waals surface area (Å²) in [6.07, 6.45) is 2.78. The fourth-order valence-corrected chi connectivity index (χ4v) is 2.19. The van der Waals surface area contributed by atoms with Crippen molar-refractivity contribution in [2.24, 2.45) is 5.92 Å². The molecule has 1 atom stereocenters. The third-order valence-corrected chi connectivity index (χ3v) is 3.61. The van der Waals surface area contributed by atoms with Gasteiger partial charge in [0.1, 0.15) is 0 Å². The Morgan fingerprint density at radius 2 is 2.29 bits per heavy atom. The lowest BCUT2D eigenvalue weighted by molar-refractivity contribution is -0.132. The first-order valence-corrected chi connectivity index (χ1v) is 6.49. The predicted molar refractivity (Wildman–Crippen MR) is 61.6 cm³/mol. The van der Waals surface area contributed by atoms with Gasteiger partial charge in [-0.1, -0.05) is 0 Å². The van der Waals surface area contributed by atoms with Crippen molar-refractivity contribution in [2.75, 3.05) is 32.1 Å². The van der Waals surface area contributed by atoms with Gasteiger partial charge in [0.2, 0.25) is 5.91 Å². The maximum atomic E-state index is 11.8. The molecule has 0 aromatic heterocycles. The highest BCUT2D eigenvalue weighted by Gasteiger charge is 2.23. The Bertz CT molecular complexity index is 195. The summed E-state index contributed by atoms with van der Waals surface area (Å²) in [4.78, 5) is 13.6. The molecule has 1 heterocycles. The zero-order valence-electron chi connectivity index (χ0n) is 9.25. The van der Waals surface area contributed by atoms with Gasteiger partial charge >= 0.3 is 0 Å².